The lowest BCUT2D eigenvalue weighted by Gasteiger charge is -1.87. The van der Waals surface area contributed by atoms with Crippen molar-refractivity contribution in [2.75, 3.05) is 6.54 Å². The van der Waals surface area contributed by atoms with Crippen LogP contribution in [0.5, 0.6) is 0 Å². The number of nitrogens with zero attached hydrogens (tertiary/aromatic N) is 1. The molecule has 68 valence electrons. The smallest absolute Gasteiger partial charge is 0.154 e. The second kappa shape index (κ2) is 3.45. The van der Waals surface area contributed by atoms with Gasteiger partial charge in [-0.3, -0.25) is 5.10 Å². The minimum absolute atomic E-state index is 0.625. The summed E-state index contributed by atoms with van der Waals surface area (Å²) in [6.07, 6.45) is 2.44. The van der Waals surface area contributed by atoms with E-state index in [-0.39, 0.29) is 0 Å². The molecule has 2 rings (SSSR count). The van der Waals surface area contributed by atoms with Gasteiger partial charge < -0.3 is 10.2 Å². The third kappa shape index (κ3) is 1.62. The highest BCUT2D eigenvalue weighted by atomic mass is 16.3. The Morgan fingerprint density at radius 3 is 3.15 bits per heavy atom. The maximum atomic E-state index is 5.42. The lowest BCUT2D eigenvalue weighted by Crippen LogP contribution is -2.02. The molecule has 0 saturated carbocycles. The van der Waals surface area contributed by atoms with Crippen molar-refractivity contribution >= 4 is 0 Å². The van der Waals surface area contributed by atoms with Crippen molar-refractivity contribution in [1.82, 2.24) is 10.2 Å². The van der Waals surface area contributed by atoms with E-state index in [0.717, 1.165) is 23.6 Å². The fourth-order valence-electron chi connectivity index (χ4n) is 1.20. The first-order valence-electron chi connectivity index (χ1n) is 4.18. The van der Waals surface area contributed by atoms with Gasteiger partial charge in [0.15, 0.2) is 5.76 Å². The van der Waals surface area contributed by atoms with Crippen LogP contribution < -0.4 is 5.73 Å². The van der Waals surface area contributed by atoms with Crippen LogP contribution >= 0.6 is 0 Å². The Morgan fingerprint density at radius 1 is 1.54 bits per heavy atom. The largest absolute Gasteiger partial charge is 0.463 e. The maximum Gasteiger partial charge on any atom is 0.154 e. The summed E-state index contributed by atoms with van der Waals surface area (Å²) in [5.74, 6) is 0.777. The lowest BCUT2D eigenvalue weighted by atomic mass is 10.2. The summed E-state index contributed by atoms with van der Waals surface area (Å²) in [5.41, 5.74) is 7.28. The minimum atomic E-state index is 0.625. The number of hydrogen-bond donors (Lipinski definition) is 2. The summed E-state index contributed by atoms with van der Waals surface area (Å²) >= 11 is 0. The number of furan rings is 1. The quantitative estimate of drug-likeness (QED) is 0.739. The molecule has 2 aromatic heterocycles. The summed E-state index contributed by atoms with van der Waals surface area (Å²) < 4.78 is 5.20. The average molecular weight is 177 g/mol. The molecule has 0 aliphatic heterocycles. The number of aromatic amines is 1. The first-order valence-corrected chi connectivity index (χ1v) is 4.18. The highest BCUT2D eigenvalue weighted by Crippen LogP contribution is 2.17. The van der Waals surface area contributed by atoms with Crippen molar-refractivity contribution in [3.63, 3.8) is 0 Å². The number of H-pyrrole nitrogens is 1. The number of aromatic nitrogens is 2. The first-order chi connectivity index (χ1) is 6.40. The number of rotatable bonds is 3. The van der Waals surface area contributed by atoms with Crippen molar-refractivity contribution in [2.24, 2.45) is 5.73 Å². The van der Waals surface area contributed by atoms with Gasteiger partial charge in [0.05, 0.1) is 6.26 Å². The monoisotopic (exact) mass is 177 g/mol. The molecule has 0 atom stereocenters. The van der Waals surface area contributed by atoms with E-state index in [1.165, 1.54) is 0 Å². The van der Waals surface area contributed by atoms with Crippen LogP contribution in [0.3, 0.4) is 0 Å². The molecule has 2 aromatic rings. The molecule has 0 saturated heterocycles. The Labute approximate surface area is 75.7 Å². The third-order valence-corrected chi connectivity index (χ3v) is 1.82. The van der Waals surface area contributed by atoms with Crippen LogP contribution in [0, 0.1) is 0 Å². The molecule has 0 fully saturated rings. The van der Waals surface area contributed by atoms with Gasteiger partial charge >= 0.3 is 0 Å². The van der Waals surface area contributed by atoms with Crippen LogP contribution in [0.2, 0.25) is 0 Å². The first kappa shape index (κ1) is 8.07. The van der Waals surface area contributed by atoms with E-state index in [0.29, 0.717) is 6.54 Å². The predicted octanol–water partition coefficient (Wildman–Crippen LogP) is 1.17. The van der Waals surface area contributed by atoms with Gasteiger partial charge in [-0.05, 0) is 24.7 Å². The van der Waals surface area contributed by atoms with Crippen molar-refractivity contribution in [1.29, 1.82) is 0 Å². The Morgan fingerprint density at radius 2 is 2.46 bits per heavy atom. The van der Waals surface area contributed by atoms with E-state index in [2.05, 4.69) is 10.2 Å². The average Bonchev–Trinajstić information content (AvgIpc) is 2.70. The van der Waals surface area contributed by atoms with Gasteiger partial charge in [0.1, 0.15) is 5.69 Å². The van der Waals surface area contributed by atoms with Gasteiger partial charge in [0, 0.05) is 12.1 Å². The Hall–Kier alpha value is -1.55. The van der Waals surface area contributed by atoms with Gasteiger partial charge in [0.2, 0.25) is 0 Å². The number of nitrogens with two attached hydrogens (primary N) is 1. The molecule has 2 heterocycles. The molecular formula is C9H11N3O. The zero-order valence-electron chi connectivity index (χ0n) is 7.16. The van der Waals surface area contributed by atoms with Crippen LogP contribution in [-0.4, -0.2) is 16.7 Å². The zero-order valence-corrected chi connectivity index (χ0v) is 7.16. The molecule has 3 N–H and O–H groups in total. The zero-order chi connectivity index (χ0) is 9.10. The Bertz CT molecular complexity index is 364. The summed E-state index contributed by atoms with van der Waals surface area (Å²) in [7, 11) is 0. The van der Waals surface area contributed by atoms with E-state index in [4.69, 9.17) is 10.2 Å². The van der Waals surface area contributed by atoms with E-state index < -0.39 is 0 Å². The molecule has 0 aliphatic rings. The fraction of sp³-hybridized carbons (Fsp3) is 0.222. The molecular weight excluding hydrogens is 166 g/mol. The molecule has 0 radical (unpaired) electrons. The fourth-order valence-corrected chi connectivity index (χ4v) is 1.20. The van der Waals surface area contributed by atoms with Gasteiger partial charge in [-0.25, -0.2) is 0 Å². The van der Waals surface area contributed by atoms with E-state index in [1.54, 1.807) is 6.26 Å². The SMILES string of the molecule is NCCc1cc(-c2ccco2)n[nH]1. The normalized spacial score (nSPS) is 10.5. The summed E-state index contributed by atoms with van der Waals surface area (Å²) in [6.45, 7) is 0.625. The third-order valence-electron chi connectivity index (χ3n) is 1.82. The standard InChI is InChI=1S/C9H11N3O/c10-4-3-7-6-8(12-11-7)9-2-1-5-13-9/h1-2,5-6H,3-4,10H2,(H,11,12). The van der Waals surface area contributed by atoms with Crippen LogP contribution in [0.15, 0.2) is 28.9 Å². The van der Waals surface area contributed by atoms with Crippen LogP contribution in [0.25, 0.3) is 11.5 Å². The van der Waals surface area contributed by atoms with Crippen molar-refractivity contribution in [3.05, 3.63) is 30.2 Å². The molecule has 0 aliphatic carbocycles. The summed E-state index contributed by atoms with van der Waals surface area (Å²) in [5, 5.41) is 7.01. The molecule has 4 heteroatoms. The van der Waals surface area contributed by atoms with E-state index in [1.807, 2.05) is 18.2 Å². The minimum Gasteiger partial charge on any atom is -0.463 e. The topological polar surface area (TPSA) is 67.8 Å². The number of nitrogens with one attached hydrogen (secondary N) is 1. The molecule has 0 amide bonds. The lowest BCUT2D eigenvalue weighted by molar-refractivity contribution is 0.580. The van der Waals surface area contributed by atoms with Gasteiger partial charge in [-0.2, -0.15) is 5.10 Å². The molecule has 0 bridgehead atoms. The summed E-state index contributed by atoms with van der Waals surface area (Å²) in [6, 6.07) is 5.67. The maximum absolute atomic E-state index is 5.42. The Balaban J connectivity index is 2.23. The molecule has 0 unspecified atom stereocenters. The molecule has 13 heavy (non-hydrogen) atoms. The predicted molar refractivity (Wildman–Crippen MR) is 49.0 cm³/mol. The molecule has 4 nitrogen and oxygen atoms in total. The molecule has 0 aromatic carbocycles. The van der Waals surface area contributed by atoms with Crippen LogP contribution in [0.4, 0.5) is 0 Å². The van der Waals surface area contributed by atoms with Gasteiger partial charge in [-0.1, -0.05) is 0 Å². The highest BCUT2D eigenvalue weighted by molar-refractivity contribution is 5.51. The second-order valence-corrected chi connectivity index (χ2v) is 2.79. The van der Waals surface area contributed by atoms with E-state index in [9.17, 15) is 0 Å². The van der Waals surface area contributed by atoms with Crippen molar-refractivity contribution in [3.8, 4) is 11.5 Å². The second-order valence-electron chi connectivity index (χ2n) is 2.79. The summed E-state index contributed by atoms with van der Waals surface area (Å²) in [4.78, 5) is 0. The van der Waals surface area contributed by atoms with Crippen LogP contribution in [-0.2, 0) is 6.42 Å². The van der Waals surface area contributed by atoms with Crippen LogP contribution in [0.1, 0.15) is 5.69 Å². The Kier molecular flexibility index (Phi) is 2.14. The van der Waals surface area contributed by atoms with Crippen molar-refractivity contribution in [2.45, 2.75) is 6.42 Å². The van der Waals surface area contributed by atoms with Gasteiger partial charge in [0.25, 0.3) is 0 Å². The van der Waals surface area contributed by atoms with Crippen molar-refractivity contribution < 1.29 is 4.42 Å². The number of hydrogen-bond acceptors (Lipinski definition) is 3. The van der Waals surface area contributed by atoms with Gasteiger partial charge in [-0.15, -0.1) is 0 Å². The highest BCUT2D eigenvalue weighted by Gasteiger charge is 2.04. The van der Waals surface area contributed by atoms with E-state index >= 15 is 0 Å². The molecule has 0 spiro atoms.